The van der Waals surface area contributed by atoms with Crippen LogP contribution >= 0.6 is 0 Å². The summed E-state index contributed by atoms with van der Waals surface area (Å²) in [6.07, 6.45) is 1.01. The number of aromatic nitrogens is 2. The first-order chi connectivity index (χ1) is 9.69. The van der Waals surface area contributed by atoms with Crippen molar-refractivity contribution in [3.63, 3.8) is 0 Å². The summed E-state index contributed by atoms with van der Waals surface area (Å²) in [5, 5.41) is 7.33. The van der Waals surface area contributed by atoms with Crippen LogP contribution in [0, 0.1) is 0 Å². The first-order valence-corrected chi connectivity index (χ1v) is 6.84. The Labute approximate surface area is 119 Å². The zero-order valence-electron chi connectivity index (χ0n) is 12.4. The van der Waals surface area contributed by atoms with Gasteiger partial charge in [0.25, 0.3) is 0 Å². The van der Waals surface area contributed by atoms with Crippen LogP contribution in [-0.4, -0.2) is 30.3 Å². The van der Waals surface area contributed by atoms with E-state index in [4.69, 9.17) is 9.26 Å². The number of hydrogen-bond acceptors (Lipinski definition) is 5. The van der Waals surface area contributed by atoms with Gasteiger partial charge in [0.05, 0.1) is 13.0 Å². The maximum atomic E-state index is 5.39. The molecule has 0 fully saturated rings. The van der Waals surface area contributed by atoms with Crippen LogP contribution in [0.25, 0.3) is 11.4 Å². The topological polar surface area (TPSA) is 60.2 Å². The molecule has 0 saturated carbocycles. The number of methoxy groups -OCH3 is 1. The van der Waals surface area contributed by atoms with Gasteiger partial charge in [-0.2, -0.15) is 4.98 Å². The summed E-state index contributed by atoms with van der Waals surface area (Å²) >= 11 is 0. The Kier molecular flexibility index (Phi) is 4.74. The average Bonchev–Trinajstić information content (AvgIpc) is 2.98. The van der Waals surface area contributed by atoms with Crippen molar-refractivity contribution in [3.05, 3.63) is 30.2 Å². The van der Waals surface area contributed by atoms with Gasteiger partial charge < -0.3 is 14.6 Å². The van der Waals surface area contributed by atoms with Gasteiger partial charge in [-0.1, -0.05) is 19.0 Å². The molecule has 2 atom stereocenters. The summed E-state index contributed by atoms with van der Waals surface area (Å²) in [4.78, 5) is 4.49. The van der Waals surface area contributed by atoms with Crippen molar-refractivity contribution in [2.75, 3.05) is 14.2 Å². The molecule has 0 amide bonds. The van der Waals surface area contributed by atoms with Gasteiger partial charge in [-0.15, -0.1) is 0 Å². The molecule has 5 nitrogen and oxygen atoms in total. The van der Waals surface area contributed by atoms with Gasteiger partial charge >= 0.3 is 0 Å². The van der Waals surface area contributed by atoms with E-state index in [1.807, 2.05) is 31.3 Å². The van der Waals surface area contributed by atoms with Crippen molar-refractivity contribution in [2.45, 2.75) is 32.2 Å². The van der Waals surface area contributed by atoms with Gasteiger partial charge in [-0.3, -0.25) is 0 Å². The van der Waals surface area contributed by atoms with E-state index >= 15 is 0 Å². The molecule has 0 aliphatic heterocycles. The SMILES string of the molecule is CCC(NC)C(C)c1nc(-c2ccc(OC)cc2)no1. The number of nitrogens with zero attached hydrogens (tertiary/aromatic N) is 2. The Morgan fingerprint density at radius 1 is 1.30 bits per heavy atom. The van der Waals surface area contributed by atoms with Crippen LogP contribution in [0.3, 0.4) is 0 Å². The fourth-order valence-electron chi connectivity index (χ4n) is 2.26. The minimum Gasteiger partial charge on any atom is -0.497 e. The molecule has 0 radical (unpaired) electrons. The lowest BCUT2D eigenvalue weighted by molar-refractivity contribution is 0.326. The number of rotatable bonds is 6. The van der Waals surface area contributed by atoms with Crippen LogP contribution < -0.4 is 10.1 Å². The first-order valence-electron chi connectivity index (χ1n) is 6.84. The van der Waals surface area contributed by atoms with Crippen LogP contribution in [0.2, 0.25) is 0 Å². The molecule has 0 spiro atoms. The van der Waals surface area contributed by atoms with E-state index in [-0.39, 0.29) is 5.92 Å². The highest BCUT2D eigenvalue weighted by Crippen LogP contribution is 2.24. The molecular weight excluding hydrogens is 254 g/mol. The lowest BCUT2D eigenvalue weighted by atomic mass is 10.00. The van der Waals surface area contributed by atoms with Gasteiger partial charge in [-0.25, -0.2) is 0 Å². The predicted octanol–water partition coefficient (Wildman–Crippen LogP) is 2.85. The molecule has 1 heterocycles. The standard InChI is InChI=1S/C15H21N3O2/c1-5-13(16-3)10(2)15-17-14(18-20-15)11-6-8-12(19-4)9-7-11/h6-10,13,16H,5H2,1-4H3. The smallest absolute Gasteiger partial charge is 0.231 e. The zero-order valence-corrected chi connectivity index (χ0v) is 12.4. The quantitative estimate of drug-likeness (QED) is 0.878. The molecule has 1 aromatic heterocycles. The highest BCUT2D eigenvalue weighted by atomic mass is 16.5. The molecule has 0 bridgehead atoms. The second kappa shape index (κ2) is 6.52. The molecule has 2 unspecified atom stereocenters. The van der Waals surface area contributed by atoms with Crippen molar-refractivity contribution >= 4 is 0 Å². The van der Waals surface area contributed by atoms with E-state index in [0.717, 1.165) is 17.7 Å². The van der Waals surface area contributed by atoms with E-state index in [1.165, 1.54) is 0 Å². The zero-order chi connectivity index (χ0) is 14.5. The summed E-state index contributed by atoms with van der Waals surface area (Å²) in [6, 6.07) is 7.95. The van der Waals surface area contributed by atoms with Crippen molar-refractivity contribution < 1.29 is 9.26 Å². The predicted molar refractivity (Wildman–Crippen MR) is 77.8 cm³/mol. The van der Waals surface area contributed by atoms with Crippen molar-refractivity contribution in [3.8, 4) is 17.1 Å². The largest absolute Gasteiger partial charge is 0.497 e. The van der Waals surface area contributed by atoms with E-state index in [2.05, 4.69) is 29.3 Å². The summed E-state index contributed by atoms with van der Waals surface area (Å²) in [5.41, 5.74) is 0.922. The highest BCUT2D eigenvalue weighted by Gasteiger charge is 2.21. The number of hydrogen-bond donors (Lipinski definition) is 1. The molecule has 2 rings (SSSR count). The van der Waals surface area contributed by atoms with Gasteiger partial charge in [0, 0.05) is 11.6 Å². The lowest BCUT2D eigenvalue weighted by Gasteiger charge is -2.18. The lowest BCUT2D eigenvalue weighted by Crippen LogP contribution is -2.30. The minimum absolute atomic E-state index is 0.185. The van der Waals surface area contributed by atoms with Crippen LogP contribution in [0.5, 0.6) is 5.75 Å². The molecule has 5 heteroatoms. The fraction of sp³-hybridized carbons (Fsp3) is 0.467. The molecule has 2 aromatic rings. The van der Waals surface area contributed by atoms with E-state index < -0.39 is 0 Å². The maximum Gasteiger partial charge on any atom is 0.231 e. The van der Waals surface area contributed by atoms with Gasteiger partial charge in [0.15, 0.2) is 0 Å². The Hall–Kier alpha value is -1.88. The normalized spacial score (nSPS) is 14.0. The Morgan fingerprint density at radius 3 is 2.55 bits per heavy atom. The summed E-state index contributed by atoms with van der Waals surface area (Å²) in [7, 11) is 3.59. The highest BCUT2D eigenvalue weighted by molar-refractivity contribution is 5.55. The molecule has 108 valence electrons. The molecule has 0 saturated heterocycles. The Balaban J connectivity index is 2.19. The third-order valence-corrected chi connectivity index (χ3v) is 3.59. The van der Waals surface area contributed by atoms with E-state index in [0.29, 0.717) is 17.8 Å². The minimum atomic E-state index is 0.185. The first kappa shape index (κ1) is 14.5. The van der Waals surface area contributed by atoms with Crippen LogP contribution in [0.4, 0.5) is 0 Å². The number of likely N-dealkylation sites (N-methyl/N-ethyl adjacent to an activating group) is 1. The van der Waals surface area contributed by atoms with Crippen LogP contribution in [0.1, 0.15) is 32.1 Å². The fourth-order valence-corrected chi connectivity index (χ4v) is 2.26. The third-order valence-electron chi connectivity index (χ3n) is 3.59. The Morgan fingerprint density at radius 2 is 2.00 bits per heavy atom. The van der Waals surface area contributed by atoms with Gasteiger partial charge in [0.2, 0.25) is 11.7 Å². The number of ether oxygens (including phenoxy) is 1. The molecule has 1 aromatic carbocycles. The molecule has 0 aliphatic carbocycles. The monoisotopic (exact) mass is 275 g/mol. The Bertz CT molecular complexity index is 532. The maximum absolute atomic E-state index is 5.39. The second-order valence-electron chi connectivity index (χ2n) is 4.78. The summed E-state index contributed by atoms with van der Waals surface area (Å²) in [6.45, 7) is 4.23. The van der Waals surface area contributed by atoms with Gasteiger partial charge in [-0.05, 0) is 37.7 Å². The second-order valence-corrected chi connectivity index (χ2v) is 4.78. The van der Waals surface area contributed by atoms with Gasteiger partial charge in [0.1, 0.15) is 5.75 Å². The summed E-state index contributed by atoms with van der Waals surface area (Å²) < 4.78 is 10.5. The van der Waals surface area contributed by atoms with Crippen molar-refractivity contribution in [2.24, 2.45) is 0 Å². The van der Waals surface area contributed by atoms with E-state index in [1.54, 1.807) is 7.11 Å². The third kappa shape index (κ3) is 2.99. The molecule has 1 N–H and O–H groups in total. The summed E-state index contributed by atoms with van der Waals surface area (Å²) in [5.74, 6) is 2.27. The molecular formula is C15H21N3O2. The van der Waals surface area contributed by atoms with Crippen molar-refractivity contribution in [1.82, 2.24) is 15.5 Å². The van der Waals surface area contributed by atoms with E-state index in [9.17, 15) is 0 Å². The molecule has 20 heavy (non-hydrogen) atoms. The molecule has 0 aliphatic rings. The van der Waals surface area contributed by atoms with Crippen LogP contribution in [0.15, 0.2) is 28.8 Å². The van der Waals surface area contributed by atoms with Crippen molar-refractivity contribution in [1.29, 1.82) is 0 Å². The number of nitrogens with one attached hydrogen (secondary N) is 1. The average molecular weight is 275 g/mol. The van der Waals surface area contributed by atoms with Crippen LogP contribution in [-0.2, 0) is 0 Å². The number of benzene rings is 1.